The fraction of sp³-hybridized carbons (Fsp3) is 0.389. The number of nitrogens with zero attached hydrogens (tertiary/aromatic N) is 2. The molecule has 1 amide bonds. The molecule has 1 aliphatic heterocycles. The van der Waals surface area contributed by atoms with E-state index < -0.39 is 0 Å². The predicted molar refractivity (Wildman–Crippen MR) is 94.4 cm³/mol. The summed E-state index contributed by atoms with van der Waals surface area (Å²) in [5.74, 6) is -0.0269. The van der Waals surface area contributed by atoms with Gasteiger partial charge in [-0.3, -0.25) is 4.79 Å². The molecule has 2 aromatic rings. The summed E-state index contributed by atoms with van der Waals surface area (Å²) in [6, 6.07) is 7.44. The molecular weight excluding hydrogens is 308 g/mol. The highest BCUT2D eigenvalue weighted by molar-refractivity contribution is 7.10. The second kappa shape index (κ2) is 6.62. The highest BCUT2D eigenvalue weighted by Crippen LogP contribution is 2.29. The van der Waals surface area contributed by atoms with E-state index in [-0.39, 0.29) is 11.7 Å². The summed E-state index contributed by atoms with van der Waals surface area (Å²) in [6.45, 7) is 7.24. The number of rotatable bonds is 4. The van der Waals surface area contributed by atoms with E-state index in [0.29, 0.717) is 18.7 Å². The number of aromatic hydroxyl groups is 1. The Balaban J connectivity index is 1.80. The summed E-state index contributed by atoms with van der Waals surface area (Å²) >= 11 is 1.76. The zero-order valence-electron chi connectivity index (χ0n) is 13.6. The van der Waals surface area contributed by atoms with Crippen LogP contribution in [0, 0.1) is 0 Å². The number of benzene rings is 1. The Hall–Kier alpha value is -2.01. The first-order valence-electron chi connectivity index (χ1n) is 8.06. The number of carbonyl (C=O) groups is 1. The fourth-order valence-electron chi connectivity index (χ4n) is 3.08. The summed E-state index contributed by atoms with van der Waals surface area (Å²) in [5, 5.41) is 12.4. The van der Waals surface area contributed by atoms with Crippen LogP contribution in [0.1, 0.15) is 34.6 Å². The van der Waals surface area contributed by atoms with Gasteiger partial charge in [0.15, 0.2) is 0 Å². The third-order valence-corrected chi connectivity index (χ3v) is 5.46. The van der Waals surface area contributed by atoms with E-state index in [4.69, 9.17) is 0 Å². The quantitative estimate of drug-likeness (QED) is 0.933. The minimum atomic E-state index is -0.0922. The number of thiophene rings is 1. The van der Waals surface area contributed by atoms with Crippen LogP contribution in [0.4, 0.5) is 5.69 Å². The minimum Gasteiger partial charge on any atom is -0.507 e. The minimum absolute atomic E-state index is 0.0653. The molecule has 1 aliphatic rings. The average molecular weight is 330 g/mol. The number of hydrogen-bond donors (Lipinski definition) is 1. The molecule has 0 fully saturated rings. The zero-order chi connectivity index (χ0) is 16.4. The van der Waals surface area contributed by atoms with Crippen molar-refractivity contribution in [3.8, 4) is 5.75 Å². The van der Waals surface area contributed by atoms with Gasteiger partial charge in [0, 0.05) is 42.8 Å². The molecule has 122 valence electrons. The van der Waals surface area contributed by atoms with Crippen LogP contribution in [0.5, 0.6) is 5.75 Å². The van der Waals surface area contributed by atoms with Crippen molar-refractivity contribution in [3.63, 3.8) is 0 Å². The summed E-state index contributed by atoms with van der Waals surface area (Å²) in [5.41, 5.74) is 2.57. The van der Waals surface area contributed by atoms with Crippen LogP contribution in [-0.2, 0) is 13.0 Å². The number of carbonyl (C=O) groups excluding carboxylic acids is 1. The van der Waals surface area contributed by atoms with Gasteiger partial charge < -0.3 is 14.9 Å². The molecule has 0 saturated carbocycles. The first kappa shape index (κ1) is 15.9. The van der Waals surface area contributed by atoms with Crippen LogP contribution >= 0.6 is 11.3 Å². The van der Waals surface area contributed by atoms with E-state index in [1.54, 1.807) is 23.5 Å². The van der Waals surface area contributed by atoms with Crippen LogP contribution in [0.2, 0.25) is 0 Å². The summed E-state index contributed by atoms with van der Waals surface area (Å²) in [4.78, 5) is 18.1. The van der Waals surface area contributed by atoms with Crippen LogP contribution < -0.4 is 4.90 Å². The second-order valence-electron chi connectivity index (χ2n) is 5.72. The Morgan fingerprint density at radius 1 is 1.30 bits per heavy atom. The van der Waals surface area contributed by atoms with E-state index in [9.17, 15) is 9.90 Å². The summed E-state index contributed by atoms with van der Waals surface area (Å²) in [6.07, 6.45) is 0.900. The number of hydrogen-bond acceptors (Lipinski definition) is 4. The third kappa shape index (κ3) is 3.06. The van der Waals surface area contributed by atoms with Crippen molar-refractivity contribution in [1.82, 2.24) is 4.90 Å². The van der Waals surface area contributed by atoms with Gasteiger partial charge in [0.05, 0.1) is 5.56 Å². The van der Waals surface area contributed by atoms with Crippen molar-refractivity contribution in [2.24, 2.45) is 0 Å². The van der Waals surface area contributed by atoms with E-state index in [2.05, 4.69) is 30.2 Å². The standard InChI is InChI=1S/C18H22N2O2S/c1-3-19(4-2)14-5-6-15(16(21)11-14)18(22)20-9-7-17-13(12-20)8-10-23-17/h5-6,8,10-11,21H,3-4,7,9,12H2,1-2H3. The zero-order valence-corrected chi connectivity index (χ0v) is 14.4. The Kier molecular flexibility index (Phi) is 4.57. The van der Waals surface area contributed by atoms with E-state index in [0.717, 1.165) is 25.2 Å². The largest absolute Gasteiger partial charge is 0.507 e. The molecule has 0 aliphatic carbocycles. The lowest BCUT2D eigenvalue weighted by molar-refractivity contribution is 0.0733. The molecule has 23 heavy (non-hydrogen) atoms. The number of phenols is 1. The molecule has 0 unspecified atom stereocenters. The molecular formula is C18H22N2O2S. The number of fused-ring (bicyclic) bond motifs is 1. The average Bonchev–Trinajstić information content (AvgIpc) is 3.03. The molecule has 4 nitrogen and oxygen atoms in total. The lowest BCUT2D eigenvalue weighted by atomic mass is 10.1. The van der Waals surface area contributed by atoms with Crippen molar-refractivity contribution in [2.45, 2.75) is 26.8 Å². The van der Waals surface area contributed by atoms with Gasteiger partial charge in [-0.1, -0.05) is 0 Å². The van der Waals surface area contributed by atoms with E-state index >= 15 is 0 Å². The van der Waals surface area contributed by atoms with Gasteiger partial charge in [0.2, 0.25) is 0 Å². The van der Waals surface area contributed by atoms with Gasteiger partial charge in [0.25, 0.3) is 5.91 Å². The van der Waals surface area contributed by atoms with Crippen LogP contribution in [0.25, 0.3) is 0 Å². The van der Waals surface area contributed by atoms with E-state index in [1.807, 2.05) is 11.0 Å². The predicted octanol–water partition coefficient (Wildman–Crippen LogP) is 3.50. The molecule has 3 rings (SSSR count). The van der Waals surface area contributed by atoms with Gasteiger partial charge in [-0.2, -0.15) is 0 Å². The van der Waals surface area contributed by atoms with Gasteiger partial charge in [-0.25, -0.2) is 0 Å². The molecule has 0 atom stereocenters. The number of amides is 1. The van der Waals surface area contributed by atoms with E-state index in [1.165, 1.54) is 10.4 Å². The first-order valence-corrected chi connectivity index (χ1v) is 8.94. The Morgan fingerprint density at radius 3 is 2.78 bits per heavy atom. The molecule has 0 spiro atoms. The van der Waals surface area contributed by atoms with Crippen molar-refractivity contribution < 1.29 is 9.90 Å². The fourth-order valence-corrected chi connectivity index (χ4v) is 3.97. The number of anilines is 1. The molecule has 2 heterocycles. The first-order chi connectivity index (χ1) is 11.1. The molecule has 5 heteroatoms. The molecule has 1 N–H and O–H groups in total. The number of phenolic OH excluding ortho intramolecular Hbond substituents is 1. The molecule has 1 aromatic carbocycles. The summed E-state index contributed by atoms with van der Waals surface area (Å²) in [7, 11) is 0. The molecule has 0 saturated heterocycles. The van der Waals surface area contributed by atoms with Crippen LogP contribution in [0.15, 0.2) is 29.6 Å². The van der Waals surface area contributed by atoms with Crippen molar-refractivity contribution in [3.05, 3.63) is 45.6 Å². The normalized spacial score (nSPS) is 13.7. The summed E-state index contributed by atoms with van der Waals surface area (Å²) < 4.78 is 0. The smallest absolute Gasteiger partial charge is 0.257 e. The topological polar surface area (TPSA) is 43.8 Å². The highest BCUT2D eigenvalue weighted by atomic mass is 32.1. The van der Waals surface area contributed by atoms with Gasteiger partial charge in [-0.05, 0) is 49.4 Å². The highest BCUT2D eigenvalue weighted by Gasteiger charge is 2.24. The Morgan fingerprint density at radius 2 is 2.09 bits per heavy atom. The monoisotopic (exact) mass is 330 g/mol. The van der Waals surface area contributed by atoms with Crippen LogP contribution in [0.3, 0.4) is 0 Å². The second-order valence-corrected chi connectivity index (χ2v) is 6.72. The molecule has 0 bridgehead atoms. The van der Waals surface area contributed by atoms with Gasteiger partial charge >= 0.3 is 0 Å². The molecule has 0 radical (unpaired) electrons. The SMILES string of the molecule is CCN(CC)c1ccc(C(=O)N2CCc3sccc3C2)c(O)c1. The van der Waals surface area contributed by atoms with Gasteiger partial charge in [-0.15, -0.1) is 11.3 Å². The molecule has 1 aromatic heterocycles. The van der Waals surface area contributed by atoms with Crippen molar-refractivity contribution in [1.29, 1.82) is 0 Å². The maximum Gasteiger partial charge on any atom is 0.257 e. The third-order valence-electron chi connectivity index (χ3n) is 4.44. The van der Waals surface area contributed by atoms with Crippen LogP contribution in [-0.4, -0.2) is 35.5 Å². The lowest BCUT2D eigenvalue weighted by Crippen LogP contribution is -2.35. The van der Waals surface area contributed by atoms with Gasteiger partial charge in [0.1, 0.15) is 5.75 Å². The maximum absolute atomic E-state index is 12.7. The Labute approximate surface area is 141 Å². The van der Waals surface area contributed by atoms with Crippen molar-refractivity contribution in [2.75, 3.05) is 24.5 Å². The Bertz CT molecular complexity index is 707. The lowest BCUT2D eigenvalue weighted by Gasteiger charge is -2.28. The van der Waals surface area contributed by atoms with Crippen molar-refractivity contribution >= 4 is 22.9 Å². The maximum atomic E-state index is 12.7.